The molecular weight excluding hydrogens is 370 g/mol. The van der Waals surface area contributed by atoms with E-state index in [1.54, 1.807) is 23.1 Å². The molecule has 0 radical (unpaired) electrons. The highest BCUT2D eigenvalue weighted by molar-refractivity contribution is 8.03. The number of aromatic nitrogens is 2. The highest BCUT2D eigenvalue weighted by Gasteiger charge is 2.27. The van der Waals surface area contributed by atoms with Crippen LogP contribution in [0.1, 0.15) is 25.3 Å². The van der Waals surface area contributed by atoms with Gasteiger partial charge in [-0.3, -0.25) is 4.79 Å². The molecule has 1 amide bonds. The Hall–Kier alpha value is -1.05. The van der Waals surface area contributed by atoms with Gasteiger partial charge in [-0.1, -0.05) is 65.2 Å². The highest BCUT2D eigenvalue weighted by atomic mass is 32.2. The van der Waals surface area contributed by atoms with E-state index >= 15 is 0 Å². The Bertz CT molecular complexity index is 684. The summed E-state index contributed by atoms with van der Waals surface area (Å²) < 4.78 is 1.83. The van der Waals surface area contributed by atoms with Crippen molar-refractivity contribution in [3.05, 3.63) is 35.9 Å². The molecule has 1 unspecified atom stereocenters. The summed E-state index contributed by atoms with van der Waals surface area (Å²) in [7, 11) is 0. The van der Waals surface area contributed by atoms with Crippen molar-refractivity contribution in [2.75, 3.05) is 19.3 Å². The molecule has 0 bridgehead atoms. The third-order valence-corrected chi connectivity index (χ3v) is 7.55. The van der Waals surface area contributed by atoms with Crippen molar-refractivity contribution in [3.63, 3.8) is 0 Å². The lowest BCUT2D eigenvalue weighted by atomic mass is 9.90. The fourth-order valence-electron chi connectivity index (χ4n) is 3.09. The second-order valence-corrected chi connectivity index (χ2v) is 9.88. The van der Waals surface area contributed by atoms with E-state index in [0.29, 0.717) is 5.92 Å². The summed E-state index contributed by atoms with van der Waals surface area (Å²) >= 11 is 4.68. The van der Waals surface area contributed by atoms with Crippen LogP contribution in [0.2, 0.25) is 0 Å². The molecule has 1 aromatic heterocycles. The van der Waals surface area contributed by atoms with Crippen LogP contribution in [-0.4, -0.2) is 45.6 Å². The first-order chi connectivity index (χ1) is 12.2. The van der Waals surface area contributed by atoms with E-state index in [0.717, 1.165) is 41.0 Å². The fraction of sp³-hybridized carbons (Fsp3) is 0.500. The van der Waals surface area contributed by atoms with E-state index in [1.807, 2.05) is 18.1 Å². The van der Waals surface area contributed by atoms with Gasteiger partial charge in [0.2, 0.25) is 5.91 Å². The Labute approximate surface area is 161 Å². The molecule has 1 aliphatic rings. The molecule has 4 nitrogen and oxygen atoms in total. The van der Waals surface area contributed by atoms with Gasteiger partial charge in [0.15, 0.2) is 8.68 Å². The molecule has 0 N–H and O–H groups in total. The summed E-state index contributed by atoms with van der Waals surface area (Å²) in [5, 5.41) is 8.15. The SMILES string of the molecule is CSc1nnc(SC(C)C(=O)N2CCC(Cc3ccccc3)CC2)s1. The lowest BCUT2D eigenvalue weighted by Gasteiger charge is -2.33. The maximum atomic E-state index is 12.7. The van der Waals surface area contributed by atoms with Crippen LogP contribution in [0.3, 0.4) is 0 Å². The topological polar surface area (TPSA) is 46.1 Å². The molecule has 3 rings (SSSR count). The number of thioether (sulfide) groups is 2. The molecule has 2 heterocycles. The molecule has 1 atom stereocenters. The van der Waals surface area contributed by atoms with Crippen molar-refractivity contribution in [3.8, 4) is 0 Å². The minimum atomic E-state index is -0.103. The molecule has 25 heavy (non-hydrogen) atoms. The fourth-order valence-corrected chi connectivity index (χ4v) is 5.76. The zero-order valence-corrected chi connectivity index (χ0v) is 17.0. The number of hydrogen-bond donors (Lipinski definition) is 0. The molecule has 1 aliphatic heterocycles. The van der Waals surface area contributed by atoms with Crippen LogP contribution in [0.15, 0.2) is 39.0 Å². The van der Waals surface area contributed by atoms with Gasteiger partial charge >= 0.3 is 0 Å². The number of nitrogens with zero attached hydrogens (tertiary/aromatic N) is 3. The van der Waals surface area contributed by atoms with Gasteiger partial charge in [-0.2, -0.15) is 0 Å². The van der Waals surface area contributed by atoms with Crippen LogP contribution in [-0.2, 0) is 11.2 Å². The van der Waals surface area contributed by atoms with E-state index in [-0.39, 0.29) is 11.2 Å². The van der Waals surface area contributed by atoms with Crippen LogP contribution in [0, 0.1) is 5.92 Å². The summed E-state index contributed by atoms with van der Waals surface area (Å²) in [6.45, 7) is 3.71. The summed E-state index contributed by atoms with van der Waals surface area (Å²) in [5.41, 5.74) is 1.40. The second-order valence-electron chi connectivity index (χ2n) is 6.26. The number of carbonyl (C=O) groups excluding carboxylic acids is 1. The normalized spacial score (nSPS) is 16.8. The predicted octanol–water partition coefficient (Wildman–Crippen LogP) is 4.22. The number of rotatable bonds is 6. The van der Waals surface area contributed by atoms with Crippen LogP contribution >= 0.6 is 34.9 Å². The molecule has 0 saturated carbocycles. The van der Waals surface area contributed by atoms with Crippen molar-refractivity contribution in [1.82, 2.24) is 15.1 Å². The lowest BCUT2D eigenvalue weighted by Crippen LogP contribution is -2.42. The molecule has 1 saturated heterocycles. The quantitative estimate of drug-likeness (QED) is 0.688. The average molecular weight is 394 g/mol. The monoisotopic (exact) mass is 393 g/mol. The molecule has 7 heteroatoms. The average Bonchev–Trinajstić information content (AvgIpc) is 3.10. The van der Waals surface area contributed by atoms with Crippen LogP contribution < -0.4 is 0 Å². The molecule has 0 spiro atoms. The van der Waals surface area contributed by atoms with Crippen LogP contribution in [0.25, 0.3) is 0 Å². The summed E-state index contributed by atoms with van der Waals surface area (Å²) in [6, 6.07) is 10.7. The molecule has 1 aromatic carbocycles. The van der Waals surface area contributed by atoms with E-state index in [4.69, 9.17) is 0 Å². The minimum absolute atomic E-state index is 0.103. The Morgan fingerprint density at radius 2 is 1.92 bits per heavy atom. The number of hydrogen-bond acceptors (Lipinski definition) is 6. The van der Waals surface area contributed by atoms with Crippen molar-refractivity contribution >= 4 is 40.8 Å². The second kappa shape index (κ2) is 9.05. The Kier molecular flexibility index (Phi) is 6.78. The van der Waals surface area contributed by atoms with Gasteiger partial charge in [0, 0.05) is 13.1 Å². The van der Waals surface area contributed by atoms with Gasteiger partial charge in [-0.15, -0.1) is 10.2 Å². The maximum Gasteiger partial charge on any atom is 0.235 e. The maximum absolute atomic E-state index is 12.7. The standard InChI is InChI=1S/C18H23N3OS3/c1-13(24-18-20-19-17(23-2)25-18)16(22)21-10-8-15(9-11-21)12-14-6-4-3-5-7-14/h3-7,13,15H,8-12H2,1-2H3. The lowest BCUT2D eigenvalue weighted by molar-refractivity contribution is -0.131. The summed E-state index contributed by atoms with van der Waals surface area (Å²) in [6.07, 6.45) is 5.29. The van der Waals surface area contributed by atoms with E-state index in [1.165, 1.54) is 17.3 Å². The van der Waals surface area contributed by atoms with E-state index < -0.39 is 0 Å². The zero-order chi connectivity index (χ0) is 17.6. The van der Waals surface area contributed by atoms with E-state index in [9.17, 15) is 4.79 Å². The number of amides is 1. The van der Waals surface area contributed by atoms with Gasteiger partial charge in [-0.25, -0.2) is 0 Å². The zero-order valence-electron chi connectivity index (χ0n) is 14.6. The van der Waals surface area contributed by atoms with Gasteiger partial charge in [0.25, 0.3) is 0 Å². The van der Waals surface area contributed by atoms with Crippen LogP contribution in [0.5, 0.6) is 0 Å². The van der Waals surface area contributed by atoms with Crippen molar-refractivity contribution in [1.29, 1.82) is 0 Å². The third kappa shape index (κ3) is 5.21. The number of benzene rings is 1. The Morgan fingerprint density at radius 1 is 1.24 bits per heavy atom. The molecule has 0 aliphatic carbocycles. The van der Waals surface area contributed by atoms with Gasteiger partial charge in [0.1, 0.15) is 0 Å². The molecular formula is C18H23N3OS3. The van der Waals surface area contributed by atoms with Gasteiger partial charge in [-0.05, 0) is 43.9 Å². The molecule has 2 aromatic rings. The van der Waals surface area contributed by atoms with Crippen molar-refractivity contribution < 1.29 is 4.79 Å². The predicted molar refractivity (Wildman–Crippen MR) is 106 cm³/mol. The van der Waals surface area contributed by atoms with Crippen molar-refractivity contribution in [2.24, 2.45) is 5.92 Å². The Morgan fingerprint density at radius 3 is 2.56 bits per heavy atom. The third-order valence-electron chi connectivity index (χ3n) is 4.48. The number of carbonyl (C=O) groups is 1. The van der Waals surface area contributed by atoms with Crippen molar-refractivity contribution in [2.45, 2.75) is 40.1 Å². The number of likely N-dealkylation sites (tertiary alicyclic amines) is 1. The Balaban J connectivity index is 1.47. The number of piperidine rings is 1. The first-order valence-corrected chi connectivity index (χ1v) is 11.4. The summed E-state index contributed by atoms with van der Waals surface area (Å²) in [5.74, 6) is 0.908. The van der Waals surface area contributed by atoms with Crippen LogP contribution in [0.4, 0.5) is 0 Å². The molecule has 1 fully saturated rings. The minimum Gasteiger partial charge on any atom is -0.342 e. The van der Waals surface area contributed by atoms with Gasteiger partial charge in [0.05, 0.1) is 5.25 Å². The largest absolute Gasteiger partial charge is 0.342 e. The highest BCUT2D eigenvalue weighted by Crippen LogP contribution is 2.31. The van der Waals surface area contributed by atoms with Gasteiger partial charge < -0.3 is 4.90 Å². The summed E-state index contributed by atoms with van der Waals surface area (Å²) in [4.78, 5) is 14.7. The smallest absolute Gasteiger partial charge is 0.235 e. The van der Waals surface area contributed by atoms with E-state index in [2.05, 4.69) is 40.5 Å². The molecule has 134 valence electrons. The first-order valence-electron chi connectivity index (χ1n) is 8.52. The first kappa shape index (κ1) is 18.7.